The number of aliphatic imine (C=N–C) groups is 1. The summed E-state index contributed by atoms with van der Waals surface area (Å²) in [6.45, 7) is 9.93. The van der Waals surface area contributed by atoms with Crippen molar-refractivity contribution in [1.29, 1.82) is 0 Å². The highest BCUT2D eigenvalue weighted by atomic mass is 127. The van der Waals surface area contributed by atoms with Gasteiger partial charge < -0.3 is 20.0 Å². The molecule has 0 saturated carbocycles. The van der Waals surface area contributed by atoms with Crippen LogP contribution in [-0.2, 0) is 0 Å². The number of halogens is 1. The Kier molecular flexibility index (Phi) is 9.92. The van der Waals surface area contributed by atoms with Crippen LogP contribution >= 0.6 is 24.0 Å². The minimum Gasteiger partial charge on any atom is -0.468 e. The van der Waals surface area contributed by atoms with Gasteiger partial charge in [0.25, 0.3) is 0 Å². The fraction of sp³-hybridized carbons (Fsp3) is 0.750. The number of guanidine groups is 1. The molecule has 154 valence electrons. The third-order valence-electron chi connectivity index (χ3n) is 5.60. The summed E-state index contributed by atoms with van der Waals surface area (Å²) in [5, 5.41) is 6.97. The summed E-state index contributed by atoms with van der Waals surface area (Å²) in [7, 11) is 1.84. The molecule has 3 heterocycles. The molecule has 0 aromatic carbocycles. The number of nitrogens with one attached hydrogen (secondary N) is 2. The number of piperidine rings is 1. The van der Waals surface area contributed by atoms with Gasteiger partial charge in [-0.15, -0.1) is 24.0 Å². The number of furan rings is 1. The SMILES string of the molecule is CN=C(NCCN1CCCC(C)C1)NCC(c1ccco1)N1CCCC1.I. The van der Waals surface area contributed by atoms with E-state index in [1.807, 2.05) is 13.1 Å². The van der Waals surface area contributed by atoms with Gasteiger partial charge in [-0.25, -0.2) is 0 Å². The van der Waals surface area contributed by atoms with Crippen LogP contribution in [0, 0.1) is 5.92 Å². The van der Waals surface area contributed by atoms with Crippen LogP contribution in [0.5, 0.6) is 0 Å². The van der Waals surface area contributed by atoms with Crippen LogP contribution in [0.15, 0.2) is 27.8 Å². The maximum atomic E-state index is 5.70. The molecule has 6 nitrogen and oxygen atoms in total. The Bertz CT molecular complexity index is 545. The standard InChI is InChI=1S/C20H35N5O.HI/c1-17-7-5-10-24(16-17)13-9-22-20(21-2)23-15-18(19-8-6-14-26-19)25-11-3-4-12-25;/h6,8,14,17-18H,3-5,7,9-13,15-16H2,1-2H3,(H2,21,22,23);1H. The number of hydrogen-bond acceptors (Lipinski definition) is 4. The van der Waals surface area contributed by atoms with E-state index in [1.165, 1.54) is 38.8 Å². The Morgan fingerprint density at radius 2 is 2.07 bits per heavy atom. The van der Waals surface area contributed by atoms with Gasteiger partial charge in [-0.2, -0.15) is 0 Å². The smallest absolute Gasteiger partial charge is 0.191 e. The van der Waals surface area contributed by atoms with Crippen LogP contribution in [0.1, 0.15) is 44.4 Å². The lowest BCUT2D eigenvalue weighted by Crippen LogP contribution is -2.45. The Balaban J connectivity index is 0.00000261. The van der Waals surface area contributed by atoms with Gasteiger partial charge in [0.2, 0.25) is 0 Å². The molecular weight excluding hydrogens is 453 g/mol. The molecule has 27 heavy (non-hydrogen) atoms. The molecule has 1 aromatic rings. The minimum atomic E-state index is 0. The summed E-state index contributed by atoms with van der Waals surface area (Å²) < 4.78 is 5.70. The zero-order valence-electron chi connectivity index (χ0n) is 16.8. The lowest BCUT2D eigenvalue weighted by Gasteiger charge is -2.31. The van der Waals surface area contributed by atoms with Crippen LogP contribution < -0.4 is 10.6 Å². The topological polar surface area (TPSA) is 56.0 Å². The maximum absolute atomic E-state index is 5.70. The first kappa shape index (κ1) is 22.5. The van der Waals surface area contributed by atoms with Crippen molar-refractivity contribution < 1.29 is 4.42 Å². The lowest BCUT2D eigenvalue weighted by molar-refractivity contribution is 0.186. The molecule has 2 unspecified atom stereocenters. The van der Waals surface area contributed by atoms with Crippen LogP contribution in [0.2, 0.25) is 0 Å². The quantitative estimate of drug-likeness (QED) is 0.351. The van der Waals surface area contributed by atoms with Gasteiger partial charge in [0.15, 0.2) is 5.96 Å². The minimum absolute atomic E-state index is 0. The van der Waals surface area contributed by atoms with Crippen molar-refractivity contribution in [2.24, 2.45) is 10.9 Å². The molecule has 2 saturated heterocycles. The summed E-state index contributed by atoms with van der Waals surface area (Å²) >= 11 is 0. The highest BCUT2D eigenvalue weighted by Crippen LogP contribution is 2.24. The predicted molar refractivity (Wildman–Crippen MR) is 122 cm³/mol. The third-order valence-corrected chi connectivity index (χ3v) is 5.60. The van der Waals surface area contributed by atoms with Gasteiger partial charge in [-0.05, 0) is 63.4 Å². The lowest BCUT2D eigenvalue weighted by atomic mass is 10.0. The molecule has 0 amide bonds. The van der Waals surface area contributed by atoms with Crippen molar-refractivity contribution in [3.8, 4) is 0 Å². The van der Waals surface area contributed by atoms with Crippen molar-refractivity contribution in [1.82, 2.24) is 20.4 Å². The van der Waals surface area contributed by atoms with E-state index < -0.39 is 0 Å². The second-order valence-electron chi connectivity index (χ2n) is 7.70. The highest BCUT2D eigenvalue weighted by Gasteiger charge is 2.25. The van der Waals surface area contributed by atoms with Crippen molar-refractivity contribution in [3.63, 3.8) is 0 Å². The van der Waals surface area contributed by atoms with E-state index >= 15 is 0 Å². The zero-order chi connectivity index (χ0) is 18.2. The molecule has 0 bridgehead atoms. The second-order valence-corrected chi connectivity index (χ2v) is 7.70. The third kappa shape index (κ3) is 6.94. The average molecular weight is 489 g/mol. The average Bonchev–Trinajstić information content (AvgIpc) is 3.35. The Hall–Kier alpha value is -0.800. The molecular formula is C20H36IN5O. The molecule has 2 N–H and O–H groups in total. The molecule has 7 heteroatoms. The largest absolute Gasteiger partial charge is 0.468 e. The number of hydrogen-bond donors (Lipinski definition) is 2. The van der Waals surface area contributed by atoms with E-state index in [0.717, 1.165) is 50.4 Å². The highest BCUT2D eigenvalue weighted by molar-refractivity contribution is 14.0. The molecule has 0 aliphatic carbocycles. The number of nitrogens with zero attached hydrogens (tertiary/aromatic N) is 3. The van der Waals surface area contributed by atoms with E-state index in [1.54, 1.807) is 6.26 Å². The number of likely N-dealkylation sites (tertiary alicyclic amines) is 2. The molecule has 1 aromatic heterocycles. The van der Waals surface area contributed by atoms with Gasteiger partial charge in [-0.3, -0.25) is 9.89 Å². The van der Waals surface area contributed by atoms with E-state index in [-0.39, 0.29) is 30.0 Å². The maximum Gasteiger partial charge on any atom is 0.191 e. The predicted octanol–water partition coefficient (Wildman–Crippen LogP) is 2.93. The molecule has 0 radical (unpaired) electrons. The Morgan fingerprint density at radius 3 is 2.74 bits per heavy atom. The Morgan fingerprint density at radius 1 is 1.26 bits per heavy atom. The fourth-order valence-corrected chi connectivity index (χ4v) is 4.18. The van der Waals surface area contributed by atoms with Crippen molar-refractivity contribution in [2.45, 2.75) is 38.6 Å². The molecule has 3 rings (SSSR count). The van der Waals surface area contributed by atoms with Crippen LogP contribution in [0.3, 0.4) is 0 Å². The van der Waals surface area contributed by atoms with Crippen LogP contribution in [0.4, 0.5) is 0 Å². The summed E-state index contributed by atoms with van der Waals surface area (Å²) in [6, 6.07) is 4.33. The van der Waals surface area contributed by atoms with Gasteiger partial charge >= 0.3 is 0 Å². The summed E-state index contributed by atoms with van der Waals surface area (Å²) in [5.74, 6) is 2.75. The van der Waals surface area contributed by atoms with Gasteiger partial charge in [0.1, 0.15) is 5.76 Å². The summed E-state index contributed by atoms with van der Waals surface area (Å²) in [5.41, 5.74) is 0. The first-order valence-electron chi connectivity index (χ1n) is 10.2. The first-order chi connectivity index (χ1) is 12.8. The van der Waals surface area contributed by atoms with Crippen molar-refractivity contribution in [3.05, 3.63) is 24.2 Å². The monoisotopic (exact) mass is 489 g/mol. The van der Waals surface area contributed by atoms with Gasteiger partial charge in [-0.1, -0.05) is 6.92 Å². The summed E-state index contributed by atoms with van der Waals surface area (Å²) in [4.78, 5) is 9.46. The van der Waals surface area contributed by atoms with Crippen molar-refractivity contribution >= 4 is 29.9 Å². The zero-order valence-corrected chi connectivity index (χ0v) is 19.2. The van der Waals surface area contributed by atoms with Crippen LogP contribution in [0.25, 0.3) is 0 Å². The molecule has 2 atom stereocenters. The van der Waals surface area contributed by atoms with E-state index in [0.29, 0.717) is 0 Å². The molecule has 2 fully saturated rings. The van der Waals surface area contributed by atoms with E-state index in [2.05, 4.69) is 38.4 Å². The normalized spacial score (nSPS) is 23.0. The summed E-state index contributed by atoms with van der Waals surface area (Å²) in [6.07, 6.45) is 7.02. The van der Waals surface area contributed by atoms with E-state index in [9.17, 15) is 0 Å². The number of rotatable bonds is 7. The Labute approximate surface area is 181 Å². The van der Waals surface area contributed by atoms with E-state index in [4.69, 9.17) is 4.42 Å². The molecule has 0 spiro atoms. The molecule has 2 aliphatic rings. The van der Waals surface area contributed by atoms with Gasteiger partial charge in [0, 0.05) is 33.2 Å². The van der Waals surface area contributed by atoms with Crippen molar-refractivity contribution in [2.75, 3.05) is 52.9 Å². The first-order valence-corrected chi connectivity index (χ1v) is 10.2. The molecule has 2 aliphatic heterocycles. The van der Waals surface area contributed by atoms with Crippen LogP contribution in [-0.4, -0.2) is 68.6 Å². The second kappa shape index (κ2) is 11.9. The fourth-order valence-electron chi connectivity index (χ4n) is 4.18. The van der Waals surface area contributed by atoms with Gasteiger partial charge in [0.05, 0.1) is 12.3 Å².